The lowest BCUT2D eigenvalue weighted by molar-refractivity contribution is 0.0696. The van der Waals surface area contributed by atoms with Crippen molar-refractivity contribution in [1.82, 2.24) is 20.6 Å². The molecule has 162 valence electrons. The van der Waals surface area contributed by atoms with Crippen molar-refractivity contribution in [2.24, 2.45) is 0 Å². The molecule has 11 heteroatoms. The predicted octanol–water partition coefficient (Wildman–Crippen LogP) is 3.04. The number of carboxylic acid groups (broad SMARTS) is 1. The average molecular weight is 451 g/mol. The Morgan fingerprint density at radius 3 is 2.47 bits per heavy atom. The van der Waals surface area contributed by atoms with Crippen LogP contribution in [0.4, 0.5) is 5.69 Å². The fourth-order valence-corrected chi connectivity index (χ4v) is 4.41. The van der Waals surface area contributed by atoms with E-state index < -0.39 is 16.0 Å². The number of sulfonamides is 1. The van der Waals surface area contributed by atoms with Gasteiger partial charge in [-0.3, -0.25) is 4.72 Å². The largest absolute Gasteiger partial charge is 0.495 e. The minimum atomic E-state index is -4.23. The molecular weight excluding hydrogens is 434 g/mol. The number of carbonyl (C=O) groups is 1. The van der Waals surface area contributed by atoms with Crippen molar-refractivity contribution in [3.8, 4) is 28.3 Å². The molecule has 3 aromatic carbocycles. The van der Waals surface area contributed by atoms with Crippen molar-refractivity contribution in [1.29, 1.82) is 0 Å². The third-order valence-electron chi connectivity index (χ3n) is 4.67. The number of tetrazole rings is 1. The van der Waals surface area contributed by atoms with Gasteiger partial charge in [0.25, 0.3) is 10.0 Å². The molecule has 0 atom stereocenters. The Bertz CT molecular complexity index is 1370. The fourth-order valence-electron chi connectivity index (χ4n) is 3.15. The zero-order chi connectivity index (χ0) is 22.7. The Labute approximate surface area is 182 Å². The number of aromatic carboxylic acids is 1. The van der Waals surface area contributed by atoms with Crippen LogP contribution in [0.5, 0.6) is 5.75 Å². The molecule has 4 aromatic rings. The van der Waals surface area contributed by atoms with Crippen LogP contribution in [0.15, 0.2) is 71.6 Å². The van der Waals surface area contributed by atoms with Crippen LogP contribution in [0.25, 0.3) is 22.5 Å². The smallest absolute Gasteiger partial charge is 0.335 e. The minimum Gasteiger partial charge on any atom is -0.495 e. The second-order valence-electron chi connectivity index (χ2n) is 6.65. The number of methoxy groups -OCH3 is 1. The summed E-state index contributed by atoms with van der Waals surface area (Å²) >= 11 is 0. The van der Waals surface area contributed by atoms with Crippen LogP contribution in [0, 0.1) is 0 Å². The van der Waals surface area contributed by atoms with Crippen LogP contribution in [-0.4, -0.2) is 47.2 Å². The summed E-state index contributed by atoms with van der Waals surface area (Å²) in [6.07, 6.45) is 0. The molecule has 0 aliphatic carbocycles. The molecule has 0 fully saturated rings. The van der Waals surface area contributed by atoms with Crippen LogP contribution >= 0.6 is 0 Å². The Kier molecular flexibility index (Phi) is 5.56. The lowest BCUT2D eigenvalue weighted by atomic mass is 10.0. The van der Waals surface area contributed by atoms with E-state index >= 15 is 0 Å². The third kappa shape index (κ3) is 4.14. The maximum atomic E-state index is 13.3. The first kappa shape index (κ1) is 21.0. The molecule has 0 aliphatic rings. The van der Waals surface area contributed by atoms with Gasteiger partial charge in [-0.2, -0.15) is 0 Å². The Balaban J connectivity index is 1.85. The highest BCUT2D eigenvalue weighted by Gasteiger charge is 2.23. The monoisotopic (exact) mass is 451 g/mol. The van der Waals surface area contributed by atoms with Gasteiger partial charge in [0.05, 0.1) is 18.4 Å². The van der Waals surface area contributed by atoms with Crippen molar-refractivity contribution in [3.05, 3.63) is 72.3 Å². The Morgan fingerprint density at radius 1 is 1.03 bits per heavy atom. The molecule has 0 spiro atoms. The molecule has 3 N–H and O–H groups in total. The number of ether oxygens (including phenoxy) is 1. The SMILES string of the molecule is COc1ccc(C(=O)O)cc1S(=O)(=O)Nc1cc(-c2nnn[nH]2)ccc1-c1ccccc1. The zero-order valence-corrected chi connectivity index (χ0v) is 17.5. The summed E-state index contributed by atoms with van der Waals surface area (Å²) in [5, 5.41) is 22.9. The number of carboxylic acids is 1. The summed E-state index contributed by atoms with van der Waals surface area (Å²) in [5.74, 6) is -0.885. The highest BCUT2D eigenvalue weighted by molar-refractivity contribution is 7.92. The van der Waals surface area contributed by atoms with Crippen molar-refractivity contribution >= 4 is 21.7 Å². The van der Waals surface area contributed by atoms with Gasteiger partial charge in [0.1, 0.15) is 10.6 Å². The van der Waals surface area contributed by atoms with E-state index in [1.54, 1.807) is 18.2 Å². The van der Waals surface area contributed by atoms with Crippen molar-refractivity contribution in [2.45, 2.75) is 4.90 Å². The second-order valence-corrected chi connectivity index (χ2v) is 8.30. The van der Waals surface area contributed by atoms with Crippen molar-refractivity contribution in [2.75, 3.05) is 11.8 Å². The first-order valence-corrected chi connectivity index (χ1v) is 10.7. The number of rotatable bonds is 7. The van der Waals surface area contributed by atoms with E-state index in [9.17, 15) is 18.3 Å². The number of aromatic amines is 1. The van der Waals surface area contributed by atoms with Crippen LogP contribution in [-0.2, 0) is 10.0 Å². The summed E-state index contributed by atoms with van der Waals surface area (Å²) in [5.41, 5.74) is 2.01. The summed E-state index contributed by atoms with van der Waals surface area (Å²) in [4.78, 5) is 11.1. The Hall–Kier alpha value is -4.25. The van der Waals surface area contributed by atoms with Gasteiger partial charge in [0, 0.05) is 11.1 Å². The van der Waals surface area contributed by atoms with Crippen LogP contribution < -0.4 is 9.46 Å². The van der Waals surface area contributed by atoms with Gasteiger partial charge in [0.15, 0.2) is 5.82 Å². The number of H-pyrrole nitrogens is 1. The molecular formula is C21H17N5O5S. The summed E-state index contributed by atoms with van der Waals surface area (Å²) in [6.45, 7) is 0. The fraction of sp³-hybridized carbons (Fsp3) is 0.0476. The number of aromatic nitrogens is 4. The number of anilines is 1. The lowest BCUT2D eigenvalue weighted by Crippen LogP contribution is -2.16. The standard InChI is InChI=1S/C21H17N5O5S/c1-31-18-10-8-15(21(27)28)12-19(18)32(29,30)24-17-11-14(20-22-25-26-23-20)7-9-16(17)13-5-3-2-4-6-13/h2-12,24H,1H3,(H,27,28)(H,22,23,25,26). The first-order valence-electron chi connectivity index (χ1n) is 9.27. The molecule has 0 aliphatic heterocycles. The van der Waals surface area contributed by atoms with Crippen molar-refractivity contribution < 1.29 is 23.1 Å². The topological polar surface area (TPSA) is 147 Å². The molecule has 0 radical (unpaired) electrons. The molecule has 0 saturated heterocycles. The van der Waals surface area contributed by atoms with Gasteiger partial charge in [-0.25, -0.2) is 18.3 Å². The quantitative estimate of drug-likeness (QED) is 0.388. The molecule has 0 amide bonds. The maximum absolute atomic E-state index is 13.3. The molecule has 0 bridgehead atoms. The van der Waals surface area contributed by atoms with E-state index in [0.717, 1.165) is 11.6 Å². The molecule has 4 rings (SSSR count). The molecule has 32 heavy (non-hydrogen) atoms. The van der Waals surface area contributed by atoms with Gasteiger partial charge in [-0.1, -0.05) is 42.5 Å². The van der Waals surface area contributed by atoms with Crippen LogP contribution in [0.3, 0.4) is 0 Å². The van der Waals surface area contributed by atoms with Gasteiger partial charge in [-0.05, 0) is 40.3 Å². The van der Waals surface area contributed by atoms with Crippen molar-refractivity contribution in [3.63, 3.8) is 0 Å². The number of benzene rings is 3. The molecule has 1 aromatic heterocycles. The van der Waals surface area contributed by atoms with Crippen LogP contribution in [0.1, 0.15) is 10.4 Å². The zero-order valence-electron chi connectivity index (χ0n) is 16.7. The van der Waals surface area contributed by atoms with Gasteiger partial charge < -0.3 is 9.84 Å². The van der Waals surface area contributed by atoms with E-state index in [1.165, 1.54) is 19.2 Å². The van der Waals surface area contributed by atoms with E-state index in [1.807, 2.05) is 30.3 Å². The van der Waals surface area contributed by atoms with Gasteiger partial charge >= 0.3 is 5.97 Å². The molecule has 10 nitrogen and oxygen atoms in total. The second kappa shape index (κ2) is 8.47. The number of hydrogen-bond donors (Lipinski definition) is 3. The molecule has 0 saturated carbocycles. The Morgan fingerprint density at radius 2 is 1.81 bits per heavy atom. The molecule has 0 unspecified atom stereocenters. The highest BCUT2D eigenvalue weighted by Crippen LogP contribution is 2.34. The van der Waals surface area contributed by atoms with E-state index in [4.69, 9.17) is 4.74 Å². The minimum absolute atomic E-state index is 0.0133. The summed E-state index contributed by atoms with van der Waals surface area (Å²) < 4.78 is 34.3. The van der Waals surface area contributed by atoms with E-state index in [2.05, 4.69) is 25.3 Å². The summed E-state index contributed by atoms with van der Waals surface area (Å²) in [6, 6.07) is 17.9. The number of hydrogen-bond acceptors (Lipinski definition) is 7. The van der Waals surface area contributed by atoms with E-state index in [-0.39, 0.29) is 21.9 Å². The van der Waals surface area contributed by atoms with Gasteiger partial charge in [0.2, 0.25) is 0 Å². The number of nitrogens with one attached hydrogen (secondary N) is 2. The highest BCUT2D eigenvalue weighted by atomic mass is 32.2. The van der Waals surface area contributed by atoms with Gasteiger partial charge in [-0.15, -0.1) is 5.10 Å². The van der Waals surface area contributed by atoms with E-state index in [0.29, 0.717) is 17.0 Å². The average Bonchev–Trinajstić information content (AvgIpc) is 3.34. The normalized spacial score (nSPS) is 11.2. The summed E-state index contributed by atoms with van der Waals surface area (Å²) in [7, 11) is -2.92. The maximum Gasteiger partial charge on any atom is 0.335 e. The number of nitrogens with zero attached hydrogens (tertiary/aromatic N) is 3. The molecule has 1 heterocycles. The van der Waals surface area contributed by atoms with Crippen LogP contribution in [0.2, 0.25) is 0 Å². The third-order valence-corrected chi connectivity index (χ3v) is 6.05. The lowest BCUT2D eigenvalue weighted by Gasteiger charge is -2.16. The predicted molar refractivity (Wildman–Crippen MR) is 116 cm³/mol. The first-order chi connectivity index (χ1) is 15.4.